The molecule has 128 valence electrons. The highest BCUT2D eigenvalue weighted by molar-refractivity contribution is 6.32. The van der Waals surface area contributed by atoms with Crippen molar-refractivity contribution in [1.29, 1.82) is 0 Å². The summed E-state index contributed by atoms with van der Waals surface area (Å²) in [6.07, 6.45) is 1.47. The normalized spacial score (nSPS) is 10.7. The van der Waals surface area contributed by atoms with Crippen molar-refractivity contribution in [3.8, 4) is 0 Å². The second kappa shape index (κ2) is 8.18. The minimum Gasteiger partial charge on any atom is -0.258 e. The van der Waals surface area contributed by atoms with Crippen molar-refractivity contribution in [2.45, 2.75) is 0 Å². The van der Waals surface area contributed by atoms with E-state index < -0.39 is 4.92 Å². The number of nitro benzene ring substituents is 1. The van der Waals surface area contributed by atoms with Crippen LogP contribution in [0.3, 0.4) is 0 Å². The van der Waals surface area contributed by atoms with Gasteiger partial charge in [-0.05, 0) is 6.07 Å². The second-order valence-corrected chi connectivity index (χ2v) is 5.80. The standard InChI is InChI=1S/C20H14ClN3O2/c21-18-12-11-15(13-19(18)24(25)26)14-22-23-20(16-7-3-1-4-8-16)17-9-5-2-6-10-17/h1-14H. The molecule has 5 nitrogen and oxygen atoms in total. The highest BCUT2D eigenvalue weighted by Gasteiger charge is 2.12. The van der Waals surface area contributed by atoms with E-state index in [0.717, 1.165) is 11.1 Å². The Balaban J connectivity index is 1.96. The lowest BCUT2D eigenvalue weighted by Gasteiger charge is -2.05. The van der Waals surface area contributed by atoms with Crippen molar-refractivity contribution in [2.75, 3.05) is 0 Å². The van der Waals surface area contributed by atoms with E-state index in [1.54, 1.807) is 6.07 Å². The third-order valence-corrected chi connectivity index (χ3v) is 3.95. The Bertz CT molecular complexity index is 929. The van der Waals surface area contributed by atoms with Gasteiger partial charge in [0.25, 0.3) is 5.69 Å². The van der Waals surface area contributed by atoms with Gasteiger partial charge in [-0.25, -0.2) is 0 Å². The number of nitro groups is 1. The largest absolute Gasteiger partial charge is 0.288 e. The second-order valence-electron chi connectivity index (χ2n) is 5.39. The molecule has 26 heavy (non-hydrogen) atoms. The summed E-state index contributed by atoms with van der Waals surface area (Å²) in [5.74, 6) is 0. The number of hydrogen-bond acceptors (Lipinski definition) is 4. The van der Waals surface area contributed by atoms with Gasteiger partial charge in [-0.1, -0.05) is 78.3 Å². The van der Waals surface area contributed by atoms with Gasteiger partial charge in [-0.2, -0.15) is 5.10 Å². The first-order valence-electron chi connectivity index (χ1n) is 7.81. The summed E-state index contributed by atoms with van der Waals surface area (Å²) in [5, 5.41) is 19.5. The van der Waals surface area contributed by atoms with Crippen LogP contribution in [0.25, 0.3) is 0 Å². The summed E-state index contributed by atoms with van der Waals surface area (Å²) < 4.78 is 0. The Kier molecular flexibility index (Phi) is 5.51. The lowest BCUT2D eigenvalue weighted by molar-refractivity contribution is -0.384. The van der Waals surface area contributed by atoms with Crippen molar-refractivity contribution in [1.82, 2.24) is 0 Å². The van der Waals surface area contributed by atoms with Gasteiger partial charge in [0.2, 0.25) is 0 Å². The molecule has 0 aliphatic carbocycles. The fraction of sp³-hybridized carbons (Fsp3) is 0. The van der Waals surface area contributed by atoms with Gasteiger partial charge in [0.1, 0.15) is 10.7 Å². The molecule has 0 radical (unpaired) electrons. The fourth-order valence-electron chi connectivity index (χ4n) is 2.38. The van der Waals surface area contributed by atoms with E-state index in [9.17, 15) is 10.1 Å². The summed E-state index contributed by atoms with van der Waals surface area (Å²) >= 11 is 5.82. The first-order chi connectivity index (χ1) is 12.6. The summed E-state index contributed by atoms with van der Waals surface area (Å²) in [6.45, 7) is 0. The molecule has 0 saturated carbocycles. The number of benzene rings is 3. The first-order valence-corrected chi connectivity index (χ1v) is 8.19. The van der Waals surface area contributed by atoms with Crippen molar-refractivity contribution < 1.29 is 4.92 Å². The Morgan fingerprint density at radius 1 is 0.923 bits per heavy atom. The molecule has 3 aromatic carbocycles. The van der Waals surface area contributed by atoms with Crippen molar-refractivity contribution >= 4 is 29.2 Å². The van der Waals surface area contributed by atoms with Crippen LogP contribution in [-0.2, 0) is 0 Å². The minimum absolute atomic E-state index is 0.0879. The van der Waals surface area contributed by atoms with Crippen LogP contribution in [-0.4, -0.2) is 16.8 Å². The maximum Gasteiger partial charge on any atom is 0.288 e. The summed E-state index contributed by atoms with van der Waals surface area (Å²) in [6, 6.07) is 23.9. The molecule has 6 heteroatoms. The van der Waals surface area contributed by atoms with E-state index in [2.05, 4.69) is 10.2 Å². The van der Waals surface area contributed by atoms with E-state index in [1.807, 2.05) is 60.7 Å². The number of rotatable bonds is 5. The third kappa shape index (κ3) is 4.20. The molecular formula is C20H14ClN3O2. The Morgan fingerprint density at radius 3 is 2.04 bits per heavy atom. The topological polar surface area (TPSA) is 67.9 Å². The van der Waals surface area contributed by atoms with Crippen LogP contribution in [0, 0.1) is 10.1 Å². The molecule has 0 spiro atoms. The van der Waals surface area contributed by atoms with Crippen molar-refractivity contribution in [3.63, 3.8) is 0 Å². The molecule has 0 aliphatic rings. The quantitative estimate of drug-likeness (QED) is 0.358. The number of hydrogen-bond donors (Lipinski definition) is 0. The first kappa shape index (κ1) is 17.5. The van der Waals surface area contributed by atoms with Gasteiger partial charge >= 0.3 is 0 Å². The molecule has 0 heterocycles. The zero-order chi connectivity index (χ0) is 18.4. The highest BCUT2D eigenvalue weighted by Crippen LogP contribution is 2.24. The van der Waals surface area contributed by atoms with E-state index in [0.29, 0.717) is 11.3 Å². The predicted octanol–water partition coefficient (Wildman–Crippen LogP) is 5.12. The van der Waals surface area contributed by atoms with Gasteiger partial charge < -0.3 is 0 Å². The molecule has 0 bridgehead atoms. The van der Waals surface area contributed by atoms with Crippen LogP contribution >= 0.6 is 11.6 Å². The van der Waals surface area contributed by atoms with Crippen LogP contribution in [0.15, 0.2) is 89.1 Å². The van der Waals surface area contributed by atoms with Gasteiger partial charge in [0.15, 0.2) is 0 Å². The minimum atomic E-state index is -0.525. The Hall–Kier alpha value is -3.31. The molecule has 0 aromatic heterocycles. The van der Waals surface area contributed by atoms with Crippen molar-refractivity contribution in [3.05, 3.63) is 111 Å². The van der Waals surface area contributed by atoms with Crippen LogP contribution in [0.5, 0.6) is 0 Å². The van der Waals surface area contributed by atoms with E-state index in [-0.39, 0.29) is 10.7 Å². The molecule has 0 unspecified atom stereocenters. The van der Waals surface area contributed by atoms with Crippen LogP contribution in [0.2, 0.25) is 5.02 Å². The SMILES string of the molecule is O=[N+]([O-])c1cc(C=NN=C(c2ccccc2)c2ccccc2)ccc1Cl. The summed E-state index contributed by atoms with van der Waals surface area (Å²) in [7, 11) is 0. The van der Waals surface area contributed by atoms with Gasteiger partial charge in [0, 0.05) is 22.8 Å². The third-order valence-electron chi connectivity index (χ3n) is 3.63. The smallest absolute Gasteiger partial charge is 0.258 e. The van der Waals surface area contributed by atoms with Gasteiger partial charge in [-0.15, -0.1) is 5.10 Å². The monoisotopic (exact) mass is 363 g/mol. The summed E-state index contributed by atoms with van der Waals surface area (Å²) in [4.78, 5) is 10.4. The van der Waals surface area contributed by atoms with Crippen LogP contribution in [0.4, 0.5) is 5.69 Å². The van der Waals surface area contributed by atoms with E-state index in [4.69, 9.17) is 11.6 Å². The molecule has 0 atom stereocenters. The molecule has 3 aromatic rings. The molecule has 0 saturated heterocycles. The van der Waals surface area contributed by atoms with Crippen LogP contribution in [0.1, 0.15) is 16.7 Å². The zero-order valence-corrected chi connectivity index (χ0v) is 14.4. The molecule has 0 fully saturated rings. The predicted molar refractivity (Wildman–Crippen MR) is 104 cm³/mol. The Morgan fingerprint density at radius 2 is 1.50 bits per heavy atom. The van der Waals surface area contributed by atoms with Crippen LogP contribution < -0.4 is 0 Å². The zero-order valence-electron chi connectivity index (χ0n) is 13.6. The van der Waals surface area contributed by atoms with E-state index in [1.165, 1.54) is 18.3 Å². The average Bonchev–Trinajstić information content (AvgIpc) is 2.67. The van der Waals surface area contributed by atoms with Gasteiger partial charge in [0.05, 0.1) is 11.1 Å². The average molecular weight is 364 g/mol. The highest BCUT2D eigenvalue weighted by atomic mass is 35.5. The lowest BCUT2D eigenvalue weighted by atomic mass is 10.0. The fourth-order valence-corrected chi connectivity index (χ4v) is 2.56. The molecule has 0 aliphatic heterocycles. The Labute approximate surface area is 155 Å². The van der Waals surface area contributed by atoms with E-state index >= 15 is 0 Å². The lowest BCUT2D eigenvalue weighted by Crippen LogP contribution is -2.02. The molecule has 0 amide bonds. The van der Waals surface area contributed by atoms with Gasteiger partial charge in [-0.3, -0.25) is 10.1 Å². The molecule has 3 rings (SSSR count). The maximum atomic E-state index is 11.0. The number of nitrogens with zero attached hydrogens (tertiary/aromatic N) is 3. The maximum absolute atomic E-state index is 11.0. The number of halogens is 1. The molecule has 0 N–H and O–H groups in total. The molecular weight excluding hydrogens is 350 g/mol. The summed E-state index contributed by atoms with van der Waals surface area (Å²) in [5.41, 5.74) is 2.96. The van der Waals surface area contributed by atoms with Crippen molar-refractivity contribution in [2.24, 2.45) is 10.2 Å².